The second-order valence-corrected chi connectivity index (χ2v) is 22.3. The Morgan fingerprint density at radius 3 is 1.22 bits per heavy atom. The van der Waals surface area contributed by atoms with Crippen LogP contribution in [0.15, 0.2) is 110 Å². The number of ketones is 2. The summed E-state index contributed by atoms with van der Waals surface area (Å²) in [6, 6.07) is 23.9. The molecule has 2 aromatic carbocycles. The van der Waals surface area contributed by atoms with Crippen LogP contribution in [-0.4, -0.2) is 63.2 Å². The van der Waals surface area contributed by atoms with Gasteiger partial charge in [-0.25, -0.2) is 19.3 Å². The Morgan fingerprint density at radius 2 is 0.917 bits per heavy atom. The summed E-state index contributed by atoms with van der Waals surface area (Å²) in [5.74, 6) is 2.15. The Labute approximate surface area is 422 Å². The number of carboxylic acids is 2. The van der Waals surface area contributed by atoms with Crippen LogP contribution < -0.4 is 10.6 Å². The zero-order chi connectivity index (χ0) is 50.6. The van der Waals surface area contributed by atoms with Crippen molar-refractivity contribution in [2.45, 2.75) is 142 Å². The molecule has 4 aromatic heterocycles. The molecule has 0 radical (unpaired) electrons. The molecule has 0 aliphatic heterocycles. The molecule has 4 saturated carbocycles. The number of anilines is 2. The molecule has 0 saturated heterocycles. The standard InChI is InChI=1S/2C29H34N4O3/c2*1-29(2)14-22(15-29)28(21-10-8-20(9-11-21)25(34)4-3-5-27(35)36)32-24-12-13-26(30-17-24)33-18-23(16-31-33)19-6-7-19/h2*8-13,16-19,22,28,32H,3-7,14-15H2,1-2H3,(H,35,36)/t2*28-/m10/s1. The van der Waals surface area contributed by atoms with E-state index in [0.717, 1.165) is 59.8 Å². The number of carboxylic acid groups (broad SMARTS) is 2. The van der Waals surface area contributed by atoms with Gasteiger partial charge in [0.25, 0.3) is 0 Å². The van der Waals surface area contributed by atoms with Crippen molar-refractivity contribution in [1.82, 2.24) is 29.5 Å². The van der Waals surface area contributed by atoms with Crippen LogP contribution in [0.1, 0.15) is 184 Å². The summed E-state index contributed by atoms with van der Waals surface area (Å²) in [5.41, 5.74) is 8.71. The highest BCUT2D eigenvalue weighted by Crippen LogP contribution is 2.52. The van der Waals surface area contributed by atoms with Gasteiger partial charge in [-0.15, -0.1) is 0 Å². The molecule has 0 bridgehead atoms. The van der Waals surface area contributed by atoms with Crippen LogP contribution in [0.4, 0.5) is 11.4 Å². The molecule has 10 rings (SSSR count). The number of rotatable bonds is 22. The van der Waals surface area contributed by atoms with Crippen LogP contribution in [-0.2, 0) is 9.59 Å². The molecule has 14 nitrogen and oxygen atoms in total. The maximum atomic E-state index is 12.5. The summed E-state index contributed by atoms with van der Waals surface area (Å²) in [7, 11) is 0. The lowest BCUT2D eigenvalue weighted by molar-refractivity contribution is -0.138. The third-order valence-corrected chi connectivity index (χ3v) is 14.9. The fraction of sp³-hybridized carbons (Fsp3) is 0.448. The third kappa shape index (κ3) is 12.9. The van der Waals surface area contributed by atoms with E-state index in [2.05, 4.69) is 83.0 Å². The molecule has 14 heteroatoms. The maximum Gasteiger partial charge on any atom is 0.303 e. The zero-order valence-electron chi connectivity index (χ0n) is 42.0. The fourth-order valence-corrected chi connectivity index (χ4v) is 10.7. The van der Waals surface area contributed by atoms with Gasteiger partial charge in [-0.3, -0.25) is 19.2 Å². The maximum absolute atomic E-state index is 12.5. The van der Waals surface area contributed by atoms with Gasteiger partial charge >= 0.3 is 11.9 Å². The summed E-state index contributed by atoms with van der Waals surface area (Å²) in [6.45, 7) is 9.21. The van der Waals surface area contributed by atoms with Crippen molar-refractivity contribution in [1.29, 1.82) is 0 Å². The number of carbonyl (C=O) groups is 4. The van der Waals surface area contributed by atoms with Gasteiger partial charge in [0.1, 0.15) is 0 Å². The molecule has 4 N–H and O–H groups in total. The topological polar surface area (TPSA) is 194 Å². The van der Waals surface area contributed by atoms with Crippen molar-refractivity contribution >= 4 is 34.9 Å². The van der Waals surface area contributed by atoms with Crippen LogP contribution >= 0.6 is 0 Å². The van der Waals surface area contributed by atoms with E-state index in [9.17, 15) is 19.2 Å². The molecule has 4 aliphatic carbocycles. The average molecular weight is 973 g/mol. The number of nitrogens with zero attached hydrogens (tertiary/aromatic N) is 6. The largest absolute Gasteiger partial charge is 0.481 e. The summed E-state index contributed by atoms with van der Waals surface area (Å²) in [5, 5.41) is 34.0. The van der Waals surface area contributed by atoms with Gasteiger partial charge in [0.05, 0.1) is 48.2 Å². The first-order valence-electron chi connectivity index (χ1n) is 25.8. The van der Waals surface area contributed by atoms with Gasteiger partial charge in [0.15, 0.2) is 23.2 Å². The van der Waals surface area contributed by atoms with Crippen molar-refractivity contribution in [3.05, 3.63) is 143 Å². The minimum absolute atomic E-state index is 0.0136. The lowest BCUT2D eigenvalue weighted by atomic mass is 9.61. The van der Waals surface area contributed by atoms with Crippen molar-refractivity contribution in [2.75, 3.05) is 10.6 Å². The highest BCUT2D eigenvalue weighted by atomic mass is 16.4. The van der Waals surface area contributed by atoms with Crippen molar-refractivity contribution < 1.29 is 29.4 Å². The molecule has 0 unspecified atom stereocenters. The number of pyridine rings is 2. The zero-order valence-corrected chi connectivity index (χ0v) is 42.0. The quantitative estimate of drug-likeness (QED) is 0.0471. The van der Waals surface area contributed by atoms with Crippen molar-refractivity contribution in [3.63, 3.8) is 0 Å². The Morgan fingerprint density at radius 1 is 0.542 bits per heavy atom. The van der Waals surface area contributed by atoms with E-state index in [1.54, 1.807) is 0 Å². The van der Waals surface area contributed by atoms with E-state index in [-0.39, 0.29) is 49.3 Å². The number of hydrogen-bond acceptors (Lipinski definition) is 10. The van der Waals surface area contributed by atoms with Crippen LogP contribution in [0.2, 0.25) is 0 Å². The smallest absolute Gasteiger partial charge is 0.303 e. The highest BCUT2D eigenvalue weighted by molar-refractivity contribution is 5.96. The first-order chi connectivity index (χ1) is 34.5. The SMILES string of the molecule is CC1(C)CC([C@@H](Nc2ccc(-n3cc(C4CC4)cn3)nc2)c2ccc(C(=O)CCCC(=O)O)cc2)C1.CC1(C)CC([C@H](Nc2ccc(-n3cc(C4CC4)cn3)nc2)c2ccc(C(=O)CCCC(=O)O)cc2)C1. The minimum Gasteiger partial charge on any atom is -0.481 e. The van der Waals surface area contributed by atoms with Gasteiger partial charge in [-0.05, 0) is 145 Å². The fourth-order valence-electron chi connectivity index (χ4n) is 10.7. The number of carbonyl (C=O) groups excluding carboxylic acids is 2. The normalized spacial score (nSPS) is 17.8. The van der Waals surface area contributed by atoms with Gasteiger partial charge in [0, 0.05) is 49.2 Å². The third-order valence-electron chi connectivity index (χ3n) is 14.9. The molecule has 0 spiro atoms. The Hall–Kier alpha value is -6.96. The molecule has 72 heavy (non-hydrogen) atoms. The molecule has 6 aromatic rings. The van der Waals surface area contributed by atoms with E-state index < -0.39 is 11.9 Å². The van der Waals surface area contributed by atoms with Crippen LogP contribution in [0.3, 0.4) is 0 Å². The average Bonchev–Trinajstić information content (AvgIpc) is 4.28. The number of aromatic nitrogens is 6. The first kappa shape index (κ1) is 50.0. The number of aliphatic carboxylic acids is 2. The molecule has 2 atom stereocenters. The molecule has 4 heterocycles. The predicted octanol–water partition coefficient (Wildman–Crippen LogP) is 12.3. The summed E-state index contributed by atoms with van der Waals surface area (Å²) in [6.07, 6.45) is 22.6. The second-order valence-electron chi connectivity index (χ2n) is 22.3. The predicted molar refractivity (Wildman–Crippen MR) is 277 cm³/mol. The molecule has 4 fully saturated rings. The van der Waals surface area contributed by atoms with Gasteiger partial charge in [-0.2, -0.15) is 10.2 Å². The van der Waals surface area contributed by atoms with Crippen molar-refractivity contribution in [2.24, 2.45) is 22.7 Å². The van der Waals surface area contributed by atoms with Gasteiger partial charge in [0.2, 0.25) is 0 Å². The van der Waals surface area contributed by atoms with Crippen LogP contribution in [0, 0.1) is 22.7 Å². The molecule has 4 aliphatic rings. The van der Waals surface area contributed by atoms with E-state index in [4.69, 9.17) is 10.2 Å². The number of nitrogens with one attached hydrogen (secondary N) is 2. The van der Waals surface area contributed by atoms with Crippen LogP contribution in [0.5, 0.6) is 0 Å². The van der Waals surface area contributed by atoms with E-state index in [1.165, 1.54) is 36.8 Å². The Balaban J connectivity index is 0.000000178. The van der Waals surface area contributed by atoms with E-state index in [1.807, 2.05) is 94.8 Å². The molecular weight excluding hydrogens is 905 g/mol. The number of Topliss-reactive ketones (excluding diaryl/α,β-unsaturated/α-hetero) is 2. The summed E-state index contributed by atoms with van der Waals surface area (Å²) < 4.78 is 3.69. The van der Waals surface area contributed by atoms with Gasteiger partial charge in [-0.1, -0.05) is 76.2 Å². The van der Waals surface area contributed by atoms with Gasteiger partial charge < -0.3 is 20.8 Å². The molecule has 0 amide bonds. The minimum atomic E-state index is -0.870. The first-order valence-corrected chi connectivity index (χ1v) is 25.8. The lowest BCUT2D eigenvalue weighted by Crippen LogP contribution is -2.38. The Bertz CT molecular complexity index is 2630. The Kier molecular flexibility index (Phi) is 14.9. The monoisotopic (exact) mass is 973 g/mol. The lowest BCUT2D eigenvalue weighted by Gasteiger charge is -2.47. The summed E-state index contributed by atoms with van der Waals surface area (Å²) in [4.78, 5) is 55.6. The second kappa shape index (κ2) is 21.4. The number of hydrogen-bond donors (Lipinski definition) is 4. The molecule has 376 valence electrons. The van der Waals surface area contributed by atoms with Crippen LogP contribution in [0.25, 0.3) is 11.6 Å². The molecular formula is C58H68N8O6. The summed E-state index contributed by atoms with van der Waals surface area (Å²) >= 11 is 0. The van der Waals surface area contributed by atoms with E-state index >= 15 is 0 Å². The van der Waals surface area contributed by atoms with E-state index in [0.29, 0.717) is 58.5 Å². The highest BCUT2D eigenvalue weighted by Gasteiger charge is 2.42. The number of benzene rings is 2. The van der Waals surface area contributed by atoms with Crippen molar-refractivity contribution in [3.8, 4) is 11.6 Å².